The van der Waals surface area contributed by atoms with E-state index >= 15 is 0 Å². The second kappa shape index (κ2) is 6.23. The molecule has 17 heavy (non-hydrogen) atoms. The predicted octanol–water partition coefficient (Wildman–Crippen LogP) is 3.71. The molecule has 0 aromatic heterocycles. The predicted molar refractivity (Wildman–Crippen MR) is 62.5 cm³/mol. The first kappa shape index (κ1) is 13.5. The Kier molecular flexibility index (Phi) is 4.94. The first-order chi connectivity index (χ1) is 8.06. The third-order valence-electron chi connectivity index (χ3n) is 2.04. The lowest BCUT2D eigenvalue weighted by atomic mass is 10.3. The molecule has 0 saturated heterocycles. The quantitative estimate of drug-likeness (QED) is 0.733. The van der Waals surface area contributed by atoms with Crippen LogP contribution in [0.1, 0.15) is 20.8 Å². The van der Waals surface area contributed by atoms with Gasteiger partial charge in [-0.3, -0.25) is 0 Å². The molecule has 0 aliphatic rings. The molecule has 1 aromatic rings. The Hall–Kier alpha value is -1.58. The van der Waals surface area contributed by atoms with Crippen molar-refractivity contribution < 1.29 is 18.3 Å². The van der Waals surface area contributed by atoms with E-state index in [1.165, 1.54) is 12.1 Å². The smallest absolute Gasteiger partial charge is 0.204 e. The lowest BCUT2D eigenvalue weighted by Crippen LogP contribution is -2.01. The number of halogens is 2. The van der Waals surface area contributed by atoms with Gasteiger partial charge in [0.25, 0.3) is 0 Å². The molecule has 1 aromatic carbocycles. The maximum atomic E-state index is 13.5. The van der Waals surface area contributed by atoms with Crippen molar-refractivity contribution in [1.29, 1.82) is 0 Å². The summed E-state index contributed by atoms with van der Waals surface area (Å²) in [6.45, 7) is 6.01. The minimum absolute atomic E-state index is 0.0976. The van der Waals surface area contributed by atoms with Crippen LogP contribution in [0.4, 0.5) is 8.78 Å². The van der Waals surface area contributed by atoms with Crippen molar-refractivity contribution in [2.45, 2.75) is 20.8 Å². The van der Waals surface area contributed by atoms with Crippen molar-refractivity contribution >= 4 is 0 Å². The van der Waals surface area contributed by atoms with Gasteiger partial charge < -0.3 is 9.47 Å². The largest absolute Gasteiger partial charge is 0.491 e. The lowest BCUT2D eigenvalue weighted by Gasteiger charge is -2.09. The Bertz CT molecular complexity index is 410. The number of rotatable bonds is 5. The molecule has 0 aliphatic carbocycles. The van der Waals surface area contributed by atoms with Crippen molar-refractivity contribution in [3.05, 3.63) is 35.4 Å². The molecule has 0 N–H and O–H groups in total. The summed E-state index contributed by atoms with van der Waals surface area (Å²) in [5.74, 6) is -2.23. The molecule has 2 nitrogen and oxygen atoms in total. The summed E-state index contributed by atoms with van der Waals surface area (Å²) in [4.78, 5) is 0. The first-order valence-corrected chi connectivity index (χ1v) is 5.43. The molecule has 0 bridgehead atoms. The summed E-state index contributed by atoms with van der Waals surface area (Å²) >= 11 is 0. The molecule has 0 heterocycles. The number of hydrogen-bond donors (Lipinski definition) is 0. The van der Waals surface area contributed by atoms with Crippen LogP contribution >= 0.6 is 0 Å². The zero-order valence-electron chi connectivity index (χ0n) is 10.2. The Morgan fingerprint density at radius 3 is 2.12 bits per heavy atom. The fourth-order valence-corrected chi connectivity index (χ4v) is 1.19. The van der Waals surface area contributed by atoms with E-state index in [4.69, 9.17) is 9.47 Å². The van der Waals surface area contributed by atoms with Gasteiger partial charge in [0.15, 0.2) is 11.5 Å². The Morgan fingerprint density at radius 1 is 1.12 bits per heavy atom. The van der Waals surface area contributed by atoms with Gasteiger partial charge in [-0.2, -0.15) is 8.78 Å². The molecule has 94 valence electrons. The lowest BCUT2D eigenvalue weighted by molar-refractivity contribution is 0.298. The summed E-state index contributed by atoms with van der Waals surface area (Å²) in [5, 5.41) is 0. The molecule has 0 saturated carbocycles. The standard InChI is InChI=1S/C13H16F2O2/c1-4-16-10-5-6-11(13(15)12(10)14)17-8-7-9(2)3/h5-7H,4,8H2,1-3H3. The number of hydrogen-bond acceptors (Lipinski definition) is 2. The van der Waals surface area contributed by atoms with Crippen molar-refractivity contribution in [2.75, 3.05) is 13.2 Å². The normalized spacial score (nSPS) is 9.94. The van der Waals surface area contributed by atoms with Gasteiger partial charge in [-0.1, -0.05) is 5.57 Å². The van der Waals surface area contributed by atoms with Gasteiger partial charge in [-0.15, -0.1) is 0 Å². The Balaban J connectivity index is 2.81. The van der Waals surface area contributed by atoms with Crippen LogP contribution in [0.25, 0.3) is 0 Å². The van der Waals surface area contributed by atoms with Gasteiger partial charge in [0.1, 0.15) is 6.61 Å². The molecule has 0 amide bonds. The second-order valence-corrected chi connectivity index (χ2v) is 3.72. The third kappa shape index (κ3) is 3.73. The summed E-state index contributed by atoms with van der Waals surface area (Å²) < 4.78 is 37.0. The zero-order valence-corrected chi connectivity index (χ0v) is 10.2. The molecule has 4 heteroatoms. The minimum Gasteiger partial charge on any atom is -0.491 e. The van der Waals surface area contributed by atoms with Gasteiger partial charge in [-0.25, -0.2) is 0 Å². The molecule has 0 spiro atoms. The SMILES string of the molecule is CCOc1ccc(OCC=C(C)C)c(F)c1F. The summed E-state index contributed by atoms with van der Waals surface area (Å²) in [5.41, 5.74) is 1.05. The van der Waals surface area contributed by atoms with Crippen LogP contribution < -0.4 is 9.47 Å². The zero-order chi connectivity index (χ0) is 12.8. The molecular formula is C13H16F2O2. The van der Waals surface area contributed by atoms with Crippen molar-refractivity contribution in [2.24, 2.45) is 0 Å². The minimum atomic E-state index is -1.02. The highest BCUT2D eigenvalue weighted by Crippen LogP contribution is 2.27. The van der Waals surface area contributed by atoms with E-state index in [0.29, 0.717) is 0 Å². The molecule has 0 unspecified atom stereocenters. The second-order valence-electron chi connectivity index (χ2n) is 3.72. The number of allylic oxidation sites excluding steroid dienone is 1. The maximum Gasteiger partial charge on any atom is 0.204 e. The molecule has 0 fully saturated rings. The van der Waals surface area contributed by atoms with Gasteiger partial charge in [0.05, 0.1) is 6.61 Å². The highest BCUT2D eigenvalue weighted by Gasteiger charge is 2.14. The van der Waals surface area contributed by atoms with E-state index in [2.05, 4.69) is 0 Å². The average molecular weight is 242 g/mol. The topological polar surface area (TPSA) is 18.5 Å². The summed E-state index contributed by atoms with van der Waals surface area (Å²) in [7, 11) is 0. The van der Waals surface area contributed by atoms with E-state index < -0.39 is 11.6 Å². The van der Waals surface area contributed by atoms with Crippen molar-refractivity contribution in [3.8, 4) is 11.5 Å². The molecule has 1 rings (SSSR count). The van der Waals surface area contributed by atoms with Crippen LogP contribution in [0.15, 0.2) is 23.8 Å². The first-order valence-electron chi connectivity index (χ1n) is 5.43. The van der Waals surface area contributed by atoms with E-state index in [1.807, 2.05) is 13.8 Å². The van der Waals surface area contributed by atoms with Crippen LogP contribution in [-0.2, 0) is 0 Å². The molecule has 0 radical (unpaired) electrons. The van der Waals surface area contributed by atoms with E-state index in [9.17, 15) is 8.78 Å². The fourth-order valence-electron chi connectivity index (χ4n) is 1.19. The van der Waals surface area contributed by atoms with Crippen LogP contribution in [0.3, 0.4) is 0 Å². The van der Waals surface area contributed by atoms with Gasteiger partial charge in [-0.05, 0) is 39.0 Å². The van der Waals surface area contributed by atoms with Crippen LogP contribution in [0, 0.1) is 11.6 Å². The highest BCUT2D eigenvalue weighted by molar-refractivity contribution is 5.35. The molecule has 0 atom stereocenters. The monoisotopic (exact) mass is 242 g/mol. The highest BCUT2D eigenvalue weighted by atomic mass is 19.2. The van der Waals surface area contributed by atoms with Crippen molar-refractivity contribution in [1.82, 2.24) is 0 Å². The van der Waals surface area contributed by atoms with Crippen molar-refractivity contribution in [3.63, 3.8) is 0 Å². The average Bonchev–Trinajstić information content (AvgIpc) is 2.28. The van der Waals surface area contributed by atoms with Crippen LogP contribution in [0.2, 0.25) is 0 Å². The number of benzene rings is 1. The maximum absolute atomic E-state index is 13.5. The van der Waals surface area contributed by atoms with E-state index in [-0.39, 0.29) is 24.7 Å². The Morgan fingerprint density at radius 2 is 1.65 bits per heavy atom. The van der Waals surface area contributed by atoms with E-state index in [1.54, 1.807) is 13.0 Å². The summed E-state index contributed by atoms with van der Waals surface area (Å²) in [6, 6.07) is 2.72. The Labute approximate surface area is 99.9 Å². The summed E-state index contributed by atoms with van der Waals surface area (Å²) in [6.07, 6.45) is 1.79. The van der Waals surface area contributed by atoms with Gasteiger partial charge in [0.2, 0.25) is 11.6 Å². The molecular weight excluding hydrogens is 226 g/mol. The van der Waals surface area contributed by atoms with Gasteiger partial charge in [0, 0.05) is 0 Å². The third-order valence-corrected chi connectivity index (χ3v) is 2.04. The molecule has 0 aliphatic heterocycles. The van der Waals surface area contributed by atoms with Crippen LogP contribution in [-0.4, -0.2) is 13.2 Å². The van der Waals surface area contributed by atoms with Gasteiger partial charge >= 0.3 is 0 Å². The van der Waals surface area contributed by atoms with E-state index in [0.717, 1.165) is 5.57 Å². The number of ether oxygens (including phenoxy) is 2. The van der Waals surface area contributed by atoms with Crippen LogP contribution in [0.5, 0.6) is 11.5 Å². The fraction of sp³-hybridized carbons (Fsp3) is 0.385.